The van der Waals surface area contributed by atoms with Crippen LogP contribution in [0.1, 0.15) is 46.2 Å². The maximum absolute atomic E-state index is 13.3. The summed E-state index contributed by atoms with van der Waals surface area (Å²) in [6.45, 7) is 5.01. The number of carboxylic acids is 1. The molecule has 4 heterocycles. The van der Waals surface area contributed by atoms with Crippen LogP contribution in [0.5, 0.6) is 5.88 Å². The van der Waals surface area contributed by atoms with Crippen molar-refractivity contribution < 1.29 is 19.4 Å². The van der Waals surface area contributed by atoms with E-state index >= 15 is 0 Å². The highest BCUT2D eigenvalue weighted by molar-refractivity contribution is 6.05. The molecule has 4 aromatic rings. The second-order valence-electron chi connectivity index (χ2n) is 8.97. The Labute approximate surface area is 201 Å². The molecule has 1 amide bonds. The number of anilines is 1. The average molecular weight is 475 g/mol. The van der Waals surface area contributed by atoms with Gasteiger partial charge in [-0.3, -0.25) is 15.1 Å². The molecule has 0 aliphatic carbocycles. The summed E-state index contributed by atoms with van der Waals surface area (Å²) in [5.74, 6) is -0.134. The molecule has 0 saturated heterocycles. The average Bonchev–Trinajstić information content (AvgIpc) is 3.35. The summed E-state index contributed by atoms with van der Waals surface area (Å²) in [6, 6.07) is 8.21. The minimum atomic E-state index is -1.01. The first-order valence-corrected chi connectivity index (χ1v) is 11.5. The van der Waals surface area contributed by atoms with Crippen LogP contribution in [0.2, 0.25) is 0 Å². The number of hydrogen-bond donors (Lipinski definition) is 2. The van der Waals surface area contributed by atoms with E-state index in [1.165, 1.54) is 6.07 Å². The van der Waals surface area contributed by atoms with Crippen LogP contribution in [0.3, 0.4) is 0 Å². The standard InChI is InChI=1S/C25H26N6O4/c1-14-5-4-8-35-23-18(12-26-30(23)3)20-10-17(9-15(2)27-20)22(32)29-25-28-19-7-6-16(24(33)34)11-21(19)31(25)13-14/h6-7,9-12,14H,4-5,8,13H2,1-3H3,(H,33,34)(H,28,29,32)/t14-/m1/s1. The normalized spacial score (nSPS) is 16.4. The van der Waals surface area contributed by atoms with Gasteiger partial charge in [0.2, 0.25) is 11.8 Å². The number of carboxylic acid groups (broad SMARTS) is 1. The van der Waals surface area contributed by atoms with Gasteiger partial charge in [0.1, 0.15) is 0 Å². The number of nitrogens with zero attached hydrogens (tertiary/aromatic N) is 5. The summed E-state index contributed by atoms with van der Waals surface area (Å²) in [5.41, 5.74) is 3.88. The van der Waals surface area contributed by atoms with Gasteiger partial charge < -0.3 is 14.4 Å². The van der Waals surface area contributed by atoms with Gasteiger partial charge in [0.15, 0.2) is 0 Å². The van der Waals surface area contributed by atoms with Crippen LogP contribution in [-0.2, 0) is 13.6 Å². The Morgan fingerprint density at radius 3 is 2.86 bits per heavy atom. The highest BCUT2D eigenvalue weighted by atomic mass is 16.5. The summed E-state index contributed by atoms with van der Waals surface area (Å²) in [6.07, 6.45) is 3.37. The fourth-order valence-electron chi connectivity index (χ4n) is 4.42. The van der Waals surface area contributed by atoms with Crippen molar-refractivity contribution in [3.63, 3.8) is 0 Å². The van der Waals surface area contributed by atoms with E-state index in [1.54, 1.807) is 35.1 Å². The van der Waals surface area contributed by atoms with Crippen LogP contribution in [0.4, 0.5) is 5.95 Å². The van der Waals surface area contributed by atoms with Crippen molar-refractivity contribution >= 4 is 28.9 Å². The number of carbonyl (C=O) groups excluding carboxylic acids is 1. The number of carbonyl (C=O) groups is 2. The first-order valence-electron chi connectivity index (χ1n) is 11.5. The lowest BCUT2D eigenvalue weighted by molar-refractivity contribution is 0.0696. The van der Waals surface area contributed by atoms with Gasteiger partial charge >= 0.3 is 5.97 Å². The molecule has 2 bridgehead atoms. The fraction of sp³-hybridized carbons (Fsp3) is 0.320. The van der Waals surface area contributed by atoms with Gasteiger partial charge in [-0.1, -0.05) is 6.92 Å². The summed E-state index contributed by atoms with van der Waals surface area (Å²) >= 11 is 0. The smallest absolute Gasteiger partial charge is 0.335 e. The number of nitrogens with one attached hydrogen (secondary N) is 1. The van der Waals surface area contributed by atoms with Gasteiger partial charge in [-0.05, 0) is 56.0 Å². The number of aromatic nitrogens is 5. The van der Waals surface area contributed by atoms with Crippen molar-refractivity contribution in [2.24, 2.45) is 13.0 Å². The van der Waals surface area contributed by atoms with Crippen LogP contribution in [-0.4, -0.2) is 47.9 Å². The van der Waals surface area contributed by atoms with E-state index in [-0.39, 0.29) is 17.4 Å². The minimum Gasteiger partial charge on any atom is -0.478 e. The zero-order chi connectivity index (χ0) is 24.7. The van der Waals surface area contributed by atoms with Crippen LogP contribution in [0, 0.1) is 12.8 Å². The van der Waals surface area contributed by atoms with E-state index in [0.29, 0.717) is 53.0 Å². The third kappa shape index (κ3) is 4.34. The Kier molecular flexibility index (Phi) is 5.72. The minimum absolute atomic E-state index is 0.171. The number of imidazole rings is 1. The molecule has 2 N–H and O–H groups in total. The summed E-state index contributed by atoms with van der Waals surface area (Å²) in [7, 11) is 1.81. The maximum Gasteiger partial charge on any atom is 0.335 e. The highest BCUT2D eigenvalue weighted by Gasteiger charge is 2.21. The number of aromatic carboxylic acids is 1. The van der Waals surface area contributed by atoms with Crippen molar-refractivity contribution in [1.82, 2.24) is 24.3 Å². The molecule has 0 fully saturated rings. The largest absolute Gasteiger partial charge is 0.478 e. The number of aryl methyl sites for hydroxylation is 2. The molecule has 1 aliphatic heterocycles. The Hall–Kier alpha value is -4.21. The predicted molar refractivity (Wildman–Crippen MR) is 130 cm³/mol. The van der Waals surface area contributed by atoms with Crippen LogP contribution in [0.25, 0.3) is 22.3 Å². The van der Waals surface area contributed by atoms with Gasteiger partial charge in [-0.2, -0.15) is 5.10 Å². The number of rotatable bonds is 1. The molecule has 0 saturated carbocycles. The van der Waals surface area contributed by atoms with E-state index in [9.17, 15) is 14.7 Å². The second kappa shape index (κ2) is 8.86. The number of hydrogen-bond acceptors (Lipinski definition) is 6. The van der Waals surface area contributed by atoms with Crippen LogP contribution in [0.15, 0.2) is 36.5 Å². The van der Waals surface area contributed by atoms with E-state index in [4.69, 9.17) is 4.74 Å². The van der Waals surface area contributed by atoms with E-state index in [0.717, 1.165) is 18.4 Å². The van der Waals surface area contributed by atoms with Crippen molar-refractivity contribution in [3.8, 4) is 17.1 Å². The first kappa shape index (κ1) is 22.6. The molecule has 10 nitrogen and oxygen atoms in total. The number of pyridine rings is 1. The first-order chi connectivity index (χ1) is 16.8. The monoisotopic (exact) mass is 474 g/mol. The summed E-state index contributed by atoms with van der Waals surface area (Å²) < 4.78 is 9.65. The van der Waals surface area contributed by atoms with E-state index in [1.807, 2.05) is 18.5 Å². The Bertz CT molecular complexity index is 1450. The van der Waals surface area contributed by atoms with Gasteiger partial charge in [0.25, 0.3) is 5.91 Å². The van der Waals surface area contributed by atoms with Crippen LogP contribution < -0.4 is 10.1 Å². The van der Waals surface area contributed by atoms with E-state index in [2.05, 4.69) is 27.3 Å². The topological polar surface area (TPSA) is 124 Å². The molecule has 3 aromatic heterocycles. The number of amides is 1. The zero-order valence-corrected chi connectivity index (χ0v) is 19.8. The van der Waals surface area contributed by atoms with Crippen LogP contribution >= 0.6 is 0 Å². The van der Waals surface area contributed by atoms with Crippen molar-refractivity contribution in [3.05, 3.63) is 53.3 Å². The van der Waals surface area contributed by atoms with Crippen molar-refractivity contribution in [2.75, 3.05) is 11.9 Å². The Balaban J connectivity index is 1.62. The third-order valence-electron chi connectivity index (χ3n) is 6.17. The molecule has 0 unspecified atom stereocenters. The van der Waals surface area contributed by atoms with Crippen molar-refractivity contribution in [2.45, 2.75) is 33.2 Å². The molecule has 1 aromatic carbocycles. The lowest BCUT2D eigenvalue weighted by atomic mass is 10.1. The lowest BCUT2D eigenvalue weighted by Crippen LogP contribution is -2.18. The van der Waals surface area contributed by atoms with Gasteiger partial charge in [0, 0.05) is 24.8 Å². The Morgan fingerprint density at radius 2 is 2.06 bits per heavy atom. The SMILES string of the molecule is Cc1cc2cc(n1)-c1cnn(C)c1OCCC[C@@H](C)Cn1c(nc3ccc(C(=O)O)cc31)NC2=O. The fourth-order valence-corrected chi connectivity index (χ4v) is 4.42. The second-order valence-corrected chi connectivity index (χ2v) is 8.97. The lowest BCUT2D eigenvalue weighted by Gasteiger charge is -2.16. The molecule has 0 radical (unpaired) electrons. The Morgan fingerprint density at radius 1 is 1.23 bits per heavy atom. The number of ether oxygens (including phenoxy) is 1. The van der Waals surface area contributed by atoms with Gasteiger partial charge in [-0.15, -0.1) is 0 Å². The molecule has 0 spiro atoms. The third-order valence-corrected chi connectivity index (χ3v) is 6.17. The van der Waals surface area contributed by atoms with Gasteiger partial charge in [0.05, 0.1) is 40.7 Å². The van der Waals surface area contributed by atoms with Gasteiger partial charge in [-0.25, -0.2) is 14.5 Å². The zero-order valence-electron chi connectivity index (χ0n) is 19.8. The molecule has 1 atom stereocenters. The predicted octanol–water partition coefficient (Wildman–Crippen LogP) is 3.90. The number of fused-ring (bicyclic) bond motifs is 7. The summed E-state index contributed by atoms with van der Waals surface area (Å²) in [5, 5.41) is 16.7. The van der Waals surface area contributed by atoms with E-state index < -0.39 is 5.97 Å². The molecule has 180 valence electrons. The maximum atomic E-state index is 13.3. The molecule has 10 heteroatoms. The molecule has 35 heavy (non-hydrogen) atoms. The highest BCUT2D eigenvalue weighted by Crippen LogP contribution is 2.30. The molecular formula is C25H26N6O4. The molecule has 1 aliphatic rings. The van der Waals surface area contributed by atoms with Crippen molar-refractivity contribution in [1.29, 1.82) is 0 Å². The summed E-state index contributed by atoms with van der Waals surface area (Å²) in [4.78, 5) is 34.1. The number of benzene rings is 1. The molecular weight excluding hydrogens is 448 g/mol. The molecule has 5 rings (SSSR count). The quantitative estimate of drug-likeness (QED) is 0.429.